The van der Waals surface area contributed by atoms with Gasteiger partial charge >= 0.3 is 0 Å². The first-order chi connectivity index (χ1) is 16.4. The molecule has 0 aliphatic heterocycles. The van der Waals surface area contributed by atoms with E-state index in [-0.39, 0.29) is 0 Å². The van der Waals surface area contributed by atoms with Crippen LogP contribution in [0.3, 0.4) is 0 Å². The molecule has 0 saturated heterocycles. The first kappa shape index (κ1) is 17.8. The molecule has 0 fully saturated rings. The summed E-state index contributed by atoms with van der Waals surface area (Å²) in [5.74, 6) is 0. The number of hydrogen-bond acceptors (Lipinski definition) is 2. The molecule has 0 spiro atoms. The van der Waals surface area contributed by atoms with Crippen molar-refractivity contribution in [3.63, 3.8) is 0 Å². The van der Waals surface area contributed by atoms with Crippen LogP contribution in [0, 0.1) is 0 Å². The van der Waals surface area contributed by atoms with Crippen molar-refractivity contribution in [1.82, 2.24) is 4.57 Å². The highest BCUT2D eigenvalue weighted by molar-refractivity contribution is 7.45. The Labute approximate surface area is 197 Å². The predicted molar refractivity (Wildman–Crippen MR) is 147 cm³/mol. The fourth-order valence-corrected chi connectivity index (χ4v) is 8.15. The van der Waals surface area contributed by atoms with Gasteiger partial charge in [0.2, 0.25) is 0 Å². The Morgan fingerprint density at radius 2 is 1.27 bits per heavy atom. The molecule has 0 amide bonds. The lowest BCUT2D eigenvalue weighted by Gasteiger charge is -2.08. The molecule has 154 valence electrons. The van der Waals surface area contributed by atoms with E-state index >= 15 is 0 Å². The van der Waals surface area contributed by atoms with E-state index in [2.05, 4.69) is 108 Å². The van der Waals surface area contributed by atoms with Gasteiger partial charge in [0.05, 0.1) is 19.7 Å². The second kappa shape index (κ2) is 6.44. The van der Waals surface area contributed by atoms with Crippen molar-refractivity contribution < 1.29 is 0 Å². The average Bonchev–Trinajstić information content (AvgIpc) is 3.52. The molecule has 0 aliphatic carbocycles. The third kappa shape index (κ3) is 2.31. The standard InChI is InChI=1S/C30H17NS2/c1-2-9-19(10-3-1)31-24-17-14-18-8-4-5-11-20(18)26(24)22-15-16-23-27-21-12-6-7-13-25(21)32-30(27)33-29(23)28(22)31/h1-17H. The number of rotatable bonds is 1. The summed E-state index contributed by atoms with van der Waals surface area (Å²) in [5.41, 5.74) is 3.80. The lowest BCUT2D eigenvalue weighted by molar-refractivity contribution is 1.19. The van der Waals surface area contributed by atoms with Gasteiger partial charge in [0.15, 0.2) is 0 Å². The van der Waals surface area contributed by atoms with Gasteiger partial charge in [-0.1, -0.05) is 78.9 Å². The van der Waals surface area contributed by atoms with Crippen molar-refractivity contribution in [3.8, 4) is 5.69 Å². The van der Waals surface area contributed by atoms with Crippen molar-refractivity contribution in [2.45, 2.75) is 0 Å². The van der Waals surface area contributed by atoms with Gasteiger partial charge in [0.25, 0.3) is 0 Å². The zero-order valence-corrected chi connectivity index (χ0v) is 19.2. The topological polar surface area (TPSA) is 4.93 Å². The molecule has 0 aliphatic rings. The Morgan fingerprint density at radius 3 is 2.18 bits per heavy atom. The van der Waals surface area contributed by atoms with E-state index < -0.39 is 0 Å². The highest BCUT2D eigenvalue weighted by Gasteiger charge is 2.20. The van der Waals surface area contributed by atoms with Gasteiger partial charge in [0.1, 0.15) is 0 Å². The van der Waals surface area contributed by atoms with Gasteiger partial charge in [-0.25, -0.2) is 0 Å². The minimum absolute atomic E-state index is 1.21. The SMILES string of the molecule is c1ccc(-n2c3ccc4ccccc4c3c3ccc4c(sc5sc6ccccc6c54)c32)cc1. The number of benzene rings is 5. The molecule has 8 aromatic rings. The zero-order chi connectivity index (χ0) is 21.5. The first-order valence-electron chi connectivity index (χ1n) is 11.1. The fourth-order valence-electron chi connectivity index (χ4n) is 5.43. The second-order valence-electron chi connectivity index (χ2n) is 8.55. The van der Waals surface area contributed by atoms with Gasteiger partial charge in [0, 0.05) is 37.3 Å². The van der Waals surface area contributed by atoms with Crippen LogP contribution in [0.5, 0.6) is 0 Å². The minimum Gasteiger partial charge on any atom is -0.308 e. The third-order valence-electron chi connectivity index (χ3n) is 6.81. The molecule has 1 nitrogen and oxygen atoms in total. The summed E-state index contributed by atoms with van der Waals surface area (Å²) in [6, 6.07) is 37.6. The van der Waals surface area contributed by atoms with Crippen LogP contribution in [0.2, 0.25) is 0 Å². The normalized spacial score (nSPS) is 12.2. The van der Waals surface area contributed by atoms with E-state index in [0.29, 0.717) is 0 Å². The van der Waals surface area contributed by atoms with Gasteiger partial charge < -0.3 is 4.57 Å². The molecular weight excluding hydrogens is 438 g/mol. The molecule has 5 aromatic carbocycles. The summed E-state index contributed by atoms with van der Waals surface area (Å²) in [6.07, 6.45) is 0. The summed E-state index contributed by atoms with van der Waals surface area (Å²) in [7, 11) is 0. The average molecular weight is 456 g/mol. The summed E-state index contributed by atoms with van der Waals surface area (Å²) in [4.78, 5) is 0. The molecule has 8 rings (SSSR count). The summed E-state index contributed by atoms with van der Waals surface area (Å²) >= 11 is 3.86. The Morgan fingerprint density at radius 1 is 0.515 bits per heavy atom. The summed E-state index contributed by atoms with van der Waals surface area (Å²) in [5, 5.41) is 9.42. The highest BCUT2D eigenvalue weighted by atomic mass is 32.2. The van der Waals surface area contributed by atoms with E-state index in [0.717, 1.165) is 0 Å². The molecule has 33 heavy (non-hydrogen) atoms. The number of fused-ring (bicyclic) bond motifs is 11. The van der Waals surface area contributed by atoms with Gasteiger partial charge in [-0.3, -0.25) is 0 Å². The monoisotopic (exact) mass is 455 g/mol. The molecular formula is C30H17NS2. The molecule has 0 bridgehead atoms. The molecule has 3 aromatic heterocycles. The Kier molecular flexibility index (Phi) is 3.48. The Balaban J connectivity index is 1.66. The van der Waals surface area contributed by atoms with Crippen LogP contribution in [0.1, 0.15) is 0 Å². The van der Waals surface area contributed by atoms with Crippen LogP contribution in [0.15, 0.2) is 103 Å². The number of aromatic nitrogens is 1. The molecule has 3 heteroatoms. The maximum atomic E-state index is 2.47. The number of nitrogens with zero attached hydrogens (tertiary/aromatic N) is 1. The largest absolute Gasteiger partial charge is 0.308 e. The Bertz CT molecular complexity index is 2020. The summed E-state index contributed by atoms with van der Waals surface area (Å²) < 4.78 is 6.63. The minimum atomic E-state index is 1.21. The Hall–Kier alpha value is -3.66. The smallest absolute Gasteiger partial charge is 0.0891 e. The van der Waals surface area contributed by atoms with Crippen molar-refractivity contribution in [1.29, 1.82) is 0 Å². The van der Waals surface area contributed by atoms with Gasteiger partial charge in [-0.2, -0.15) is 0 Å². The maximum absolute atomic E-state index is 2.47. The summed E-state index contributed by atoms with van der Waals surface area (Å²) in [6.45, 7) is 0. The van der Waals surface area contributed by atoms with Crippen molar-refractivity contribution in [3.05, 3.63) is 103 Å². The van der Waals surface area contributed by atoms with E-state index in [1.54, 1.807) is 0 Å². The van der Waals surface area contributed by atoms with Crippen LogP contribution in [-0.2, 0) is 0 Å². The van der Waals surface area contributed by atoms with Crippen molar-refractivity contribution >= 4 is 84.8 Å². The van der Waals surface area contributed by atoms with E-state index in [1.165, 1.54) is 67.8 Å². The van der Waals surface area contributed by atoms with Crippen LogP contribution in [0.4, 0.5) is 0 Å². The number of para-hydroxylation sites is 1. The van der Waals surface area contributed by atoms with Crippen LogP contribution < -0.4 is 0 Å². The van der Waals surface area contributed by atoms with E-state index in [9.17, 15) is 0 Å². The molecule has 0 saturated carbocycles. The first-order valence-corrected chi connectivity index (χ1v) is 12.8. The van der Waals surface area contributed by atoms with Crippen LogP contribution in [-0.4, -0.2) is 4.57 Å². The lowest BCUT2D eigenvalue weighted by Crippen LogP contribution is -1.93. The second-order valence-corrected chi connectivity index (χ2v) is 10.9. The van der Waals surface area contributed by atoms with Crippen molar-refractivity contribution in [2.24, 2.45) is 0 Å². The van der Waals surface area contributed by atoms with E-state index in [1.807, 2.05) is 22.7 Å². The molecule has 0 atom stereocenters. The fraction of sp³-hybridized carbons (Fsp3) is 0. The molecule has 0 radical (unpaired) electrons. The maximum Gasteiger partial charge on any atom is 0.0891 e. The lowest BCUT2D eigenvalue weighted by atomic mass is 10.0. The highest BCUT2D eigenvalue weighted by Crippen LogP contribution is 2.48. The molecule has 0 N–H and O–H groups in total. The van der Waals surface area contributed by atoms with E-state index in [4.69, 9.17) is 0 Å². The number of hydrogen-bond donors (Lipinski definition) is 0. The third-order valence-corrected chi connectivity index (χ3v) is 9.29. The predicted octanol–water partition coefficient (Wildman–Crippen LogP) is 9.52. The zero-order valence-electron chi connectivity index (χ0n) is 17.6. The molecule has 0 unspecified atom stereocenters. The van der Waals surface area contributed by atoms with Crippen LogP contribution >= 0.6 is 22.7 Å². The molecule has 3 heterocycles. The van der Waals surface area contributed by atoms with Gasteiger partial charge in [-0.05, 0) is 35.0 Å². The van der Waals surface area contributed by atoms with Gasteiger partial charge in [-0.15, -0.1) is 22.7 Å². The van der Waals surface area contributed by atoms with Crippen LogP contribution in [0.25, 0.3) is 67.8 Å². The quantitative estimate of drug-likeness (QED) is 0.232. The number of thiophene rings is 2. The van der Waals surface area contributed by atoms with Crippen molar-refractivity contribution in [2.75, 3.05) is 0 Å².